The summed E-state index contributed by atoms with van der Waals surface area (Å²) in [5.41, 5.74) is 1.17. The molecule has 0 saturated heterocycles. The van der Waals surface area contributed by atoms with E-state index in [1.165, 1.54) is 17.3 Å². The molecule has 6 nitrogen and oxygen atoms in total. The van der Waals surface area contributed by atoms with Gasteiger partial charge in [0.2, 0.25) is 5.91 Å². The zero-order valence-corrected chi connectivity index (χ0v) is 13.3. The van der Waals surface area contributed by atoms with Gasteiger partial charge in [-0.1, -0.05) is 30.3 Å². The van der Waals surface area contributed by atoms with Crippen LogP contribution >= 0.6 is 11.8 Å². The van der Waals surface area contributed by atoms with E-state index in [1.807, 2.05) is 30.3 Å². The second kappa shape index (κ2) is 10.7. The molecule has 0 atom stereocenters. The summed E-state index contributed by atoms with van der Waals surface area (Å²) in [4.78, 5) is 33.8. The summed E-state index contributed by atoms with van der Waals surface area (Å²) in [6, 6.07) is 9.89. The van der Waals surface area contributed by atoms with E-state index in [2.05, 4.69) is 15.4 Å². The molecule has 0 spiro atoms. The molecule has 1 aromatic rings. The topological polar surface area (TPSA) is 84.5 Å². The van der Waals surface area contributed by atoms with Gasteiger partial charge in [0, 0.05) is 18.8 Å². The van der Waals surface area contributed by atoms with E-state index in [4.69, 9.17) is 0 Å². The molecule has 0 saturated carbocycles. The molecule has 0 heterocycles. The zero-order valence-electron chi connectivity index (χ0n) is 12.5. The molecule has 0 bridgehead atoms. The standard InChI is InChI=1S/C15H20N2O4S/c1-2-21-15(20)14(19)17-9-8-16-13(18)11-22-10-12-6-4-3-5-7-12/h3-7H,2,8-11H2,1H3,(H,16,18)(H,17,19). The fraction of sp³-hybridized carbons (Fsp3) is 0.400. The Labute approximate surface area is 134 Å². The first kappa shape index (κ1) is 18.0. The van der Waals surface area contributed by atoms with Crippen molar-refractivity contribution in [1.29, 1.82) is 0 Å². The fourth-order valence-electron chi connectivity index (χ4n) is 1.53. The molecule has 0 aromatic heterocycles. The summed E-state index contributed by atoms with van der Waals surface area (Å²) in [7, 11) is 0. The Morgan fingerprint density at radius 1 is 1.09 bits per heavy atom. The monoisotopic (exact) mass is 324 g/mol. The molecular weight excluding hydrogens is 304 g/mol. The Morgan fingerprint density at radius 3 is 2.45 bits per heavy atom. The Balaban J connectivity index is 2.06. The van der Waals surface area contributed by atoms with Crippen LogP contribution in [0, 0.1) is 0 Å². The minimum Gasteiger partial charge on any atom is -0.459 e. The number of esters is 1. The van der Waals surface area contributed by atoms with Crippen LogP contribution in [0.25, 0.3) is 0 Å². The maximum absolute atomic E-state index is 11.6. The van der Waals surface area contributed by atoms with Crippen molar-refractivity contribution in [1.82, 2.24) is 10.6 Å². The van der Waals surface area contributed by atoms with E-state index < -0.39 is 11.9 Å². The second-order valence-corrected chi connectivity index (χ2v) is 5.29. The van der Waals surface area contributed by atoms with Crippen molar-refractivity contribution >= 4 is 29.5 Å². The molecule has 0 aliphatic rings. The van der Waals surface area contributed by atoms with E-state index in [0.29, 0.717) is 5.75 Å². The van der Waals surface area contributed by atoms with Gasteiger partial charge in [-0.3, -0.25) is 9.59 Å². The van der Waals surface area contributed by atoms with Gasteiger partial charge in [0.15, 0.2) is 0 Å². The van der Waals surface area contributed by atoms with Crippen LogP contribution in [0.3, 0.4) is 0 Å². The molecule has 2 amide bonds. The number of rotatable bonds is 8. The number of carbonyl (C=O) groups is 3. The summed E-state index contributed by atoms with van der Waals surface area (Å²) in [5, 5.41) is 5.04. The average molecular weight is 324 g/mol. The molecule has 0 fully saturated rings. The number of nitrogens with one attached hydrogen (secondary N) is 2. The maximum atomic E-state index is 11.6. The molecule has 7 heteroatoms. The van der Waals surface area contributed by atoms with Gasteiger partial charge in [0.25, 0.3) is 0 Å². The van der Waals surface area contributed by atoms with Crippen molar-refractivity contribution < 1.29 is 19.1 Å². The maximum Gasteiger partial charge on any atom is 0.396 e. The van der Waals surface area contributed by atoms with Crippen molar-refractivity contribution in [3.05, 3.63) is 35.9 Å². The van der Waals surface area contributed by atoms with Gasteiger partial charge in [0.05, 0.1) is 12.4 Å². The van der Waals surface area contributed by atoms with E-state index in [-0.39, 0.29) is 25.6 Å². The van der Waals surface area contributed by atoms with Gasteiger partial charge in [-0.15, -0.1) is 11.8 Å². The van der Waals surface area contributed by atoms with Crippen LogP contribution in [0.5, 0.6) is 0 Å². The highest BCUT2D eigenvalue weighted by atomic mass is 32.2. The van der Waals surface area contributed by atoms with Crippen molar-refractivity contribution in [3.63, 3.8) is 0 Å². The molecular formula is C15H20N2O4S. The lowest BCUT2D eigenvalue weighted by atomic mass is 10.2. The minimum absolute atomic E-state index is 0.105. The Hall–Kier alpha value is -2.02. The first-order chi connectivity index (χ1) is 10.6. The van der Waals surface area contributed by atoms with Gasteiger partial charge in [-0.25, -0.2) is 4.79 Å². The van der Waals surface area contributed by atoms with E-state index in [9.17, 15) is 14.4 Å². The third kappa shape index (κ3) is 7.68. The highest BCUT2D eigenvalue weighted by Crippen LogP contribution is 2.10. The SMILES string of the molecule is CCOC(=O)C(=O)NCCNC(=O)CSCc1ccccc1. The van der Waals surface area contributed by atoms with Gasteiger partial charge in [0.1, 0.15) is 0 Å². The van der Waals surface area contributed by atoms with Gasteiger partial charge in [-0.05, 0) is 12.5 Å². The van der Waals surface area contributed by atoms with Crippen molar-refractivity contribution in [2.24, 2.45) is 0 Å². The van der Waals surface area contributed by atoms with Crippen LogP contribution in [0.2, 0.25) is 0 Å². The normalized spacial score (nSPS) is 9.86. The number of amides is 2. The predicted octanol–water partition coefficient (Wildman–Crippen LogP) is 0.715. The Bertz CT molecular complexity index is 494. The number of hydrogen-bond acceptors (Lipinski definition) is 5. The third-order valence-electron chi connectivity index (χ3n) is 2.54. The Morgan fingerprint density at radius 2 is 1.77 bits per heavy atom. The molecule has 2 N–H and O–H groups in total. The van der Waals surface area contributed by atoms with Crippen LogP contribution in [0.15, 0.2) is 30.3 Å². The largest absolute Gasteiger partial charge is 0.459 e. The van der Waals surface area contributed by atoms with Gasteiger partial charge < -0.3 is 15.4 Å². The highest BCUT2D eigenvalue weighted by Gasteiger charge is 2.13. The van der Waals surface area contributed by atoms with E-state index >= 15 is 0 Å². The molecule has 0 aliphatic carbocycles. The number of thioether (sulfide) groups is 1. The molecule has 22 heavy (non-hydrogen) atoms. The molecule has 120 valence electrons. The number of hydrogen-bond donors (Lipinski definition) is 2. The van der Waals surface area contributed by atoms with E-state index in [0.717, 1.165) is 5.75 Å². The van der Waals surface area contributed by atoms with Crippen LogP contribution in [-0.2, 0) is 24.9 Å². The van der Waals surface area contributed by atoms with E-state index in [1.54, 1.807) is 6.92 Å². The molecule has 1 rings (SSSR count). The summed E-state index contributed by atoms with van der Waals surface area (Å²) in [6.07, 6.45) is 0. The number of benzene rings is 1. The summed E-state index contributed by atoms with van der Waals surface area (Å²) in [6.45, 7) is 2.24. The first-order valence-electron chi connectivity index (χ1n) is 6.96. The highest BCUT2D eigenvalue weighted by molar-refractivity contribution is 7.99. The lowest BCUT2D eigenvalue weighted by Crippen LogP contribution is -2.39. The van der Waals surface area contributed by atoms with Crippen molar-refractivity contribution in [2.75, 3.05) is 25.4 Å². The lowest BCUT2D eigenvalue weighted by Gasteiger charge is -2.06. The smallest absolute Gasteiger partial charge is 0.396 e. The van der Waals surface area contributed by atoms with Crippen LogP contribution in [0.4, 0.5) is 0 Å². The molecule has 1 aromatic carbocycles. The summed E-state index contributed by atoms with van der Waals surface area (Å²) >= 11 is 1.52. The third-order valence-corrected chi connectivity index (χ3v) is 3.54. The van der Waals surface area contributed by atoms with Crippen molar-refractivity contribution in [2.45, 2.75) is 12.7 Å². The van der Waals surface area contributed by atoms with Crippen LogP contribution in [0.1, 0.15) is 12.5 Å². The second-order valence-electron chi connectivity index (χ2n) is 4.30. The van der Waals surface area contributed by atoms with Gasteiger partial charge in [-0.2, -0.15) is 0 Å². The number of ether oxygens (including phenoxy) is 1. The molecule has 0 unspecified atom stereocenters. The first-order valence-corrected chi connectivity index (χ1v) is 8.12. The predicted molar refractivity (Wildman–Crippen MR) is 85.3 cm³/mol. The van der Waals surface area contributed by atoms with Crippen LogP contribution < -0.4 is 10.6 Å². The average Bonchev–Trinajstić information content (AvgIpc) is 2.52. The minimum atomic E-state index is -0.910. The van der Waals surface area contributed by atoms with Crippen LogP contribution in [-0.4, -0.2) is 43.2 Å². The summed E-state index contributed by atoms with van der Waals surface area (Å²) in [5.74, 6) is -0.692. The Kier molecular flexibility index (Phi) is 8.74. The lowest BCUT2D eigenvalue weighted by molar-refractivity contribution is -0.154. The fourth-order valence-corrected chi connectivity index (χ4v) is 2.35. The summed E-state index contributed by atoms with van der Waals surface area (Å²) < 4.78 is 4.54. The molecule has 0 aliphatic heterocycles. The molecule has 0 radical (unpaired) electrons. The number of carbonyl (C=O) groups excluding carboxylic acids is 3. The zero-order chi connectivity index (χ0) is 16.2. The van der Waals surface area contributed by atoms with Crippen molar-refractivity contribution in [3.8, 4) is 0 Å². The quantitative estimate of drug-likeness (QED) is 0.418. The van der Waals surface area contributed by atoms with Gasteiger partial charge >= 0.3 is 11.9 Å².